The molecule has 2 heterocycles. The number of thiazole rings is 1. The Hall–Kier alpha value is -1.51. The summed E-state index contributed by atoms with van der Waals surface area (Å²) >= 11 is 1.59. The molecule has 0 aliphatic carbocycles. The summed E-state index contributed by atoms with van der Waals surface area (Å²) in [5, 5.41) is 19.9. The van der Waals surface area contributed by atoms with Crippen molar-refractivity contribution in [2.75, 3.05) is 6.54 Å². The molecule has 7 nitrogen and oxygen atoms in total. The molecule has 1 aliphatic heterocycles. The van der Waals surface area contributed by atoms with Crippen LogP contribution in [0.4, 0.5) is 0 Å². The van der Waals surface area contributed by atoms with Crippen LogP contribution in [0.5, 0.6) is 0 Å². The zero-order chi connectivity index (χ0) is 18.6. The Morgan fingerprint density at radius 2 is 2.16 bits per heavy atom. The fraction of sp³-hybridized carbons (Fsp3) is 0.706. The zero-order valence-corrected chi connectivity index (χ0v) is 15.8. The molecule has 0 bridgehead atoms. The first kappa shape index (κ1) is 19.8. The van der Waals surface area contributed by atoms with Crippen molar-refractivity contribution in [2.45, 2.75) is 65.0 Å². The first-order valence-corrected chi connectivity index (χ1v) is 9.58. The first-order valence-electron chi connectivity index (χ1n) is 8.77. The Morgan fingerprint density at radius 1 is 1.44 bits per heavy atom. The van der Waals surface area contributed by atoms with Gasteiger partial charge in [-0.05, 0) is 33.1 Å². The second-order valence-corrected chi connectivity index (χ2v) is 7.79. The molecular formula is C17H27N3O4S. The Balaban J connectivity index is 2.22. The lowest BCUT2D eigenvalue weighted by Gasteiger charge is -2.29. The lowest BCUT2D eigenvalue weighted by molar-refractivity contribution is -0.151. The van der Waals surface area contributed by atoms with Crippen LogP contribution in [0.25, 0.3) is 0 Å². The van der Waals surface area contributed by atoms with Gasteiger partial charge in [-0.3, -0.25) is 14.8 Å². The minimum Gasteiger partial charge on any atom is -0.382 e. The highest BCUT2D eigenvalue weighted by Crippen LogP contribution is 2.37. The van der Waals surface area contributed by atoms with Gasteiger partial charge in [-0.2, -0.15) is 0 Å². The van der Waals surface area contributed by atoms with Crippen LogP contribution in [0.15, 0.2) is 0 Å². The number of nitrogens with one attached hydrogen (secondary N) is 1. The largest absolute Gasteiger partial charge is 0.382 e. The van der Waals surface area contributed by atoms with Gasteiger partial charge in [-0.25, -0.2) is 10.5 Å². The molecule has 1 aromatic heterocycles. The molecule has 2 rings (SSSR count). The van der Waals surface area contributed by atoms with Gasteiger partial charge in [0.15, 0.2) is 0 Å². The van der Waals surface area contributed by atoms with E-state index in [1.54, 1.807) is 16.2 Å². The van der Waals surface area contributed by atoms with Gasteiger partial charge in [0.2, 0.25) is 5.91 Å². The normalized spacial score (nSPS) is 19.7. The standard InChI is InChI=1S/C17H27N3O4S/c1-4-5-7-12(14(21)15(22)19-24)17(23)20-9-6-8-13(20)16-18-10(2)11(3)25-16/h12-14,21,24H,4-9H2,1-3H3,(H,19,22)/t12-,13+,14+/m1/s1. The van der Waals surface area contributed by atoms with Crippen molar-refractivity contribution >= 4 is 23.2 Å². The summed E-state index contributed by atoms with van der Waals surface area (Å²) in [6.07, 6.45) is 2.14. The molecule has 0 radical (unpaired) electrons. The molecule has 0 unspecified atom stereocenters. The van der Waals surface area contributed by atoms with Crippen molar-refractivity contribution in [3.63, 3.8) is 0 Å². The molecule has 3 atom stereocenters. The average Bonchev–Trinajstić information content (AvgIpc) is 3.21. The molecule has 2 amide bonds. The highest BCUT2D eigenvalue weighted by Gasteiger charge is 2.40. The highest BCUT2D eigenvalue weighted by molar-refractivity contribution is 7.11. The minimum atomic E-state index is -1.55. The zero-order valence-electron chi connectivity index (χ0n) is 15.0. The smallest absolute Gasteiger partial charge is 0.272 e. The van der Waals surface area contributed by atoms with Crippen molar-refractivity contribution in [1.82, 2.24) is 15.4 Å². The Labute approximate surface area is 152 Å². The van der Waals surface area contributed by atoms with Gasteiger partial charge in [0.1, 0.15) is 11.1 Å². The van der Waals surface area contributed by atoms with E-state index in [-0.39, 0.29) is 11.9 Å². The molecule has 0 aromatic carbocycles. The highest BCUT2D eigenvalue weighted by atomic mass is 32.1. The van der Waals surface area contributed by atoms with Crippen molar-refractivity contribution in [1.29, 1.82) is 0 Å². The molecule has 1 aliphatic rings. The van der Waals surface area contributed by atoms with Crippen molar-refractivity contribution in [3.8, 4) is 0 Å². The number of nitrogens with zero attached hydrogens (tertiary/aromatic N) is 2. The van der Waals surface area contributed by atoms with E-state index < -0.39 is 17.9 Å². The number of likely N-dealkylation sites (tertiary alicyclic amines) is 1. The summed E-state index contributed by atoms with van der Waals surface area (Å²) in [6.45, 7) is 6.55. The first-order chi connectivity index (χ1) is 11.9. The van der Waals surface area contributed by atoms with Crippen LogP contribution in [0, 0.1) is 19.8 Å². The third-order valence-electron chi connectivity index (χ3n) is 4.81. The predicted molar refractivity (Wildman–Crippen MR) is 94.2 cm³/mol. The maximum Gasteiger partial charge on any atom is 0.272 e. The monoisotopic (exact) mass is 369 g/mol. The lowest BCUT2D eigenvalue weighted by Crippen LogP contribution is -2.46. The summed E-state index contributed by atoms with van der Waals surface area (Å²) in [5.74, 6) is -2.03. The number of unbranched alkanes of at least 4 members (excludes halogenated alkanes) is 1. The van der Waals surface area contributed by atoms with E-state index in [9.17, 15) is 14.7 Å². The number of amides is 2. The maximum absolute atomic E-state index is 13.1. The third-order valence-corrected chi connectivity index (χ3v) is 5.99. The van der Waals surface area contributed by atoms with E-state index in [2.05, 4.69) is 4.98 Å². The van der Waals surface area contributed by atoms with Crippen LogP contribution in [0.1, 0.15) is 60.6 Å². The number of aryl methyl sites for hydroxylation is 2. The van der Waals surface area contributed by atoms with E-state index >= 15 is 0 Å². The Morgan fingerprint density at radius 3 is 2.72 bits per heavy atom. The van der Waals surface area contributed by atoms with Gasteiger partial charge >= 0.3 is 0 Å². The second kappa shape index (κ2) is 8.73. The van der Waals surface area contributed by atoms with Gasteiger partial charge in [-0.15, -0.1) is 11.3 Å². The molecule has 140 valence electrons. The van der Waals surface area contributed by atoms with Crippen LogP contribution in [0.2, 0.25) is 0 Å². The molecule has 8 heteroatoms. The summed E-state index contributed by atoms with van der Waals surface area (Å²) in [5.41, 5.74) is 2.42. The van der Waals surface area contributed by atoms with Gasteiger partial charge < -0.3 is 10.0 Å². The Kier molecular flexibility index (Phi) is 6.92. The van der Waals surface area contributed by atoms with Gasteiger partial charge in [0, 0.05) is 11.4 Å². The molecule has 1 saturated heterocycles. The predicted octanol–water partition coefficient (Wildman–Crippen LogP) is 2.10. The number of hydrogen-bond acceptors (Lipinski definition) is 6. The molecule has 0 spiro atoms. The maximum atomic E-state index is 13.1. The number of hydrogen-bond donors (Lipinski definition) is 3. The van der Waals surface area contributed by atoms with E-state index in [1.165, 1.54) is 5.48 Å². The van der Waals surface area contributed by atoms with Crippen LogP contribution in [0.3, 0.4) is 0 Å². The summed E-state index contributed by atoms with van der Waals surface area (Å²) in [4.78, 5) is 32.2. The van der Waals surface area contributed by atoms with Gasteiger partial charge in [0.25, 0.3) is 5.91 Å². The van der Waals surface area contributed by atoms with E-state index in [1.807, 2.05) is 20.8 Å². The number of hydroxylamine groups is 1. The Bertz CT molecular complexity index is 600. The van der Waals surface area contributed by atoms with E-state index in [0.717, 1.165) is 41.3 Å². The summed E-state index contributed by atoms with van der Waals surface area (Å²) in [7, 11) is 0. The molecule has 25 heavy (non-hydrogen) atoms. The lowest BCUT2D eigenvalue weighted by atomic mass is 9.93. The van der Waals surface area contributed by atoms with Crippen molar-refractivity contribution in [3.05, 3.63) is 15.6 Å². The van der Waals surface area contributed by atoms with Crippen LogP contribution >= 0.6 is 11.3 Å². The molecule has 1 fully saturated rings. The van der Waals surface area contributed by atoms with Crippen LogP contribution in [-0.2, 0) is 9.59 Å². The number of aliphatic hydroxyl groups is 1. The van der Waals surface area contributed by atoms with Crippen molar-refractivity contribution in [2.24, 2.45) is 5.92 Å². The third kappa shape index (κ3) is 4.37. The number of aliphatic hydroxyl groups excluding tert-OH is 1. The number of rotatable bonds is 7. The average molecular weight is 369 g/mol. The molecule has 1 aromatic rings. The molecular weight excluding hydrogens is 342 g/mol. The van der Waals surface area contributed by atoms with Gasteiger partial charge in [-0.1, -0.05) is 19.8 Å². The fourth-order valence-corrected chi connectivity index (χ4v) is 4.30. The van der Waals surface area contributed by atoms with E-state index in [4.69, 9.17) is 5.21 Å². The topological polar surface area (TPSA) is 103 Å². The van der Waals surface area contributed by atoms with Crippen LogP contribution < -0.4 is 5.48 Å². The van der Waals surface area contributed by atoms with E-state index in [0.29, 0.717) is 13.0 Å². The fourth-order valence-electron chi connectivity index (χ4n) is 3.23. The summed E-state index contributed by atoms with van der Waals surface area (Å²) < 4.78 is 0. The quantitative estimate of drug-likeness (QED) is 0.504. The molecule has 0 saturated carbocycles. The van der Waals surface area contributed by atoms with Crippen molar-refractivity contribution < 1.29 is 19.9 Å². The summed E-state index contributed by atoms with van der Waals surface area (Å²) in [6, 6.07) is -0.0987. The van der Waals surface area contributed by atoms with Crippen LogP contribution in [-0.4, -0.2) is 44.7 Å². The number of carbonyl (C=O) groups excluding carboxylic acids is 2. The van der Waals surface area contributed by atoms with Gasteiger partial charge in [0.05, 0.1) is 17.7 Å². The number of carbonyl (C=O) groups is 2. The molecule has 3 N–H and O–H groups in total. The minimum absolute atomic E-state index is 0.0987. The second-order valence-electron chi connectivity index (χ2n) is 6.55. The SMILES string of the molecule is CCCC[C@@H](C(=O)N1CCC[C@H]1c1nc(C)c(C)s1)[C@H](O)C(=O)NO. The number of aromatic nitrogens is 1.